The molecular weight excluding hydrogens is 378 g/mol. The van der Waals surface area contributed by atoms with E-state index >= 15 is 0 Å². The molecule has 0 radical (unpaired) electrons. The third kappa shape index (κ3) is 3.14. The van der Waals surface area contributed by atoms with E-state index in [0.29, 0.717) is 28.2 Å². The highest BCUT2D eigenvalue weighted by atomic mass is 16.7. The largest absolute Gasteiger partial charge is 0.454 e. The second-order valence-electron chi connectivity index (χ2n) is 7.40. The van der Waals surface area contributed by atoms with Crippen molar-refractivity contribution >= 4 is 23.5 Å². The normalized spacial score (nSPS) is 16.2. The number of hydrogen-bond acceptors (Lipinski definition) is 4. The maximum Gasteiger partial charge on any atom is 0.261 e. The fraction of sp³-hybridized carbons (Fsp3) is 0.120. The molecule has 5 heteroatoms. The highest BCUT2D eigenvalue weighted by Gasteiger charge is 2.34. The molecule has 0 bridgehead atoms. The van der Waals surface area contributed by atoms with Gasteiger partial charge in [0, 0.05) is 11.1 Å². The Morgan fingerprint density at radius 2 is 1.67 bits per heavy atom. The van der Waals surface area contributed by atoms with Crippen molar-refractivity contribution in [2.45, 2.75) is 13.5 Å². The number of amides is 2. The molecule has 0 saturated heterocycles. The minimum absolute atomic E-state index is 0.161. The number of carbonyl (C=O) groups is 2. The van der Waals surface area contributed by atoms with Gasteiger partial charge >= 0.3 is 0 Å². The molecule has 2 aliphatic heterocycles. The topological polar surface area (TPSA) is 55.8 Å². The first-order valence-electron chi connectivity index (χ1n) is 9.72. The lowest BCUT2D eigenvalue weighted by Gasteiger charge is -2.29. The Balaban J connectivity index is 1.56. The van der Waals surface area contributed by atoms with Crippen LogP contribution in [0, 0.1) is 6.92 Å². The lowest BCUT2D eigenvalue weighted by molar-refractivity contribution is -0.123. The summed E-state index contributed by atoms with van der Waals surface area (Å²) in [5.41, 5.74) is 4.53. The molecule has 2 amide bonds. The van der Waals surface area contributed by atoms with Crippen molar-refractivity contribution in [1.29, 1.82) is 0 Å². The van der Waals surface area contributed by atoms with Gasteiger partial charge in [0.25, 0.3) is 11.8 Å². The van der Waals surface area contributed by atoms with Crippen molar-refractivity contribution in [3.8, 4) is 11.5 Å². The molecule has 2 heterocycles. The second kappa shape index (κ2) is 7.19. The van der Waals surface area contributed by atoms with E-state index in [1.54, 1.807) is 12.1 Å². The molecule has 3 aromatic carbocycles. The summed E-state index contributed by atoms with van der Waals surface area (Å²) in [6, 6.07) is 20.6. The van der Waals surface area contributed by atoms with E-state index in [0.717, 1.165) is 16.7 Å². The Labute approximate surface area is 174 Å². The van der Waals surface area contributed by atoms with Crippen molar-refractivity contribution in [1.82, 2.24) is 4.90 Å². The molecule has 0 atom stereocenters. The van der Waals surface area contributed by atoms with E-state index in [1.165, 1.54) is 4.90 Å². The Morgan fingerprint density at radius 3 is 2.50 bits per heavy atom. The van der Waals surface area contributed by atoms with Gasteiger partial charge in [-0.1, -0.05) is 54.1 Å². The van der Waals surface area contributed by atoms with E-state index in [1.807, 2.05) is 67.6 Å². The lowest BCUT2D eigenvalue weighted by atomic mass is 9.91. The quantitative estimate of drug-likeness (QED) is 0.484. The minimum Gasteiger partial charge on any atom is -0.454 e. The predicted molar refractivity (Wildman–Crippen MR) is 113 cm³/mol. The average Bonchev–Trinajstić information content (AvgIpc) is 3.22. The molecule has 0 fully saturated rings. The smallest absolute Gasteiger partial charge is 0.261 e. The number of nitrogens with zero attached hydrogens (tertiary/aromatic N) is 1. The standard InChI is InChI=1S/C25H19NO4/c1-16-5-4-6-17(11-16)12-21-19-7-2-3-8-20(19)24(27)26(25(21)28)14-18-9-10-22-23(13-18)30-15-29-22/h2-13H,14-15H2,1H3/b21-12-. The Kier molecular flexibility index (Phi) is 4.36. The van der Waals surface area contributed by atoms with Crippen molar-refractivity contribution in [3.05, 3.63) is 94.5 Å². The first-order valence-corrected chi connectivity index (χ1v) is 9.72. The number of carbonyl (C=O) groups excluding carboxylic acids is 2. The summed E-state index contributed by atoms with van der Waals surface area (Å²) < 4.78 is 10.8. The first kappa shape index (κ1) is 18.2. The number of rotatable bonds is 3. The minimum atomic E-state index is -0.308. The summed E-state index contributed by atoms with van der Waals surface area (Å²) in [7, 11) is 0. The summed E-state index contributed by atoms with van der Waals surface area (Å²) >= 11 is 0. The third-order valence-electron chi connectivity index (χ3n) is 5.30. The molecule has 2 aliphatic rings. The summed E-state index contributed by atoms with van der Waals surface area (Å²) in [4.78, 5) is 27.8. The van der Waals surface area contributed by atoms with Crippen LogP contribution in [0.2, 0.25) is 0 Å². The molecule has 0 saturated carbocycles. The van der Waals surface area contributed by atoms with E-state index in [9.17, 15) is 9.59 Å². The van der Waals surface area contributed by atoms with Crippen molar-refractivity contribution in [2.75, 3.05) is 6.79 Å². The third-order valence-corrected chi connectivity index (χ3v) is 5.30. The number of imide groups is 1. The van der Waals surface area contributed by atoms with Crippen LogP contribution in [0.3, 0.4) is 0 Å². The molecule has 3 aromatic rings. The van der Waals surface area contributed by atoms with Gasteiger partial charge in [0.15, 0.2) is 11.5 Å². The van der Waals surface area contributed by atoms with Crippen LogP contribution in [0.15, 0.2) is 66.7 Å². The maximum absolute atomic E-state index is 13.4. The molecule has 0 spiro atoms. The molecule has 30 heavy (non-hydrogen) atoms. The zero-order valence-corrected chi connectivity index (χ0v) is 16.4. The monoisotopic (exact) mass is 397 g/mol. The highest BCUT2D eigenvalue weighted by molar-refractivity contribution is 6.33. The number of fused-ring (bicyclic) bond motifs is 2. The Hall–Kier alpha value is -3.86. The molecular formula is C25H19NO4. The van der Waals surface area contributed by atoms with Gasteiger partial charge < -0.3 is 9.47 Å². The zero-order chi connectivity index (χ0) is 20.7. The Bertz CT molecular complexity index is 1210. The van der Waals surface area contributed by atoms with Gasteiger partial charge in [0.2, 0.25) is 6.79 Å². The van der Waals surface area contributed by atoms with Crippen LogP contribution in [-0.4, -0.2) is 23.5 Å². The summed E-state index contributed by atoms with van der Waals surface area (Å²) in [5, 5.41) is 0. The molecule has 5 nitrogen and oxygen atoms in total. The predicted octanol–water partition coefficient (Wildman–Crippen LogP) is 4.45. The zero-order valence-electron chi connectivity index (χ0n) is 16.4. The fourth-order valence-corrected chi connectivity index (χ4v) is 3.83. The lowest BCUT2D eigenvalue weighted by Crippen LogP contribution is -2.41. The number of ether oxygens (including phenoxy) is 2. The molecule has 0 aliphatic carbocycles. The van der Waals surface area contributed by atoms with Crippen molar-refractivity contribution in [3.63, 3.8) is 0 Å². The number of aryl methyl sites for hydroxylation is 1. The Morgan fingerprint density at radius 1 is 0.867 bits per heavy atom. The number of hydrogen-bond donors (Lipinski definition) is 0. The van der Waals surface area contributed by atoms with Gasteiger partial charge in [0.1, 0.15) is 0 Å². The van der Waals surface area contributed by atoms with Crippen LogP contribution in [-0.2, 0) is 11.3 Å². The van der Waals surface area contributed by atoms with E-state index < -0.39 is 0 Å². The van der Waals surface area contributed by atoms with E-state index in [-0.39, 0.29) is 25.2 Å². The van der Waals surface area contributed by atoms with Crippen LogP contribution < -0.4 is 9.47 Å². The van der Waals surface area contributed by atoms with Crippen LogP contribution in [0.5, 0.6) is 11.5 Å². The van der Waals surface area contributed by atoms with Crippen LogP contribution in [0.1, 0.15) is 32.6 Å². The van der Waals surface area contributed by atoms with Crippen molar-refractivity contribution < 1.29 is 19.1 Å². The summed E-state index contributed by atoms with van der Waals surface area (Å²) in [6.45, 7) is 2.35. The fourth-order valence-electron chi connectivity index (χ4n) is 3.83. The molecule has 5 rings (SSSR count). The highest BCUT2D eigenvalue weighted by Crippen LogP contribution is 2.35. The van der Waals surface area contributed by atoms with Gasteiger partial charge in [0.05, 0.1) is 6.54 Å². The molecule has 0 N–H and O–H groups in total. The van der Waals surface area contributed by atoms with Gasteiger partial charge in [-0.2, -0.15) is 0 Å². The van der Waals surface area contributed by atoms with Gasteiger partial charge in [-0.3, -0.25) is 14.5 Å². The molecule has 0 unspecified atom stereocenters. The number of benzene rings is 3. The SMILES string of the molecule is Cc1cccc(/C=C2\C(=O)N(Cc3ccc4c(c3)OCO4)C(=O)c3ccccc32)c1. The van der Waals surface area contributed by atoms with Gasteiger partial charge in [-0.05, 0) is 47.9 Å². The maximum atomic E-state index is 13.4. The van der Waals surface area contributed by atoms with Crippen LogP contribution >= 0.6 is 0 Å². The molecule has 0 aromatic heterocycles. The van der Waals surface area contributed by atoms with E-state index in [4.69, 9.17) is 9.47 Å². The van der Waals surface area contributed by atoms with Crippen LogP contribution in [0.25, 0.3) is 11.6 Å². The van der Waals surface area contributed by atoms with Gasteiger partial charge in [-0.25, -0.2) is 0 Å². The first-order chi connectivity index (χ1) is 14.6. The van der Waals surface area contributed by atoms with Gasteiger partial charge in [-0.15, -0.1) is 0 Å². The average molecular weight is 397 g/mol. The van der Waals surface area contributed by atoms with Crippen LogP contribution in [0.4, 0.5) is 0 Å². The summed E-state index contributed by atoms with van der Waals surface area (Å²) in [5.74, 6) is 0.688. The summed E-state index contributed by atoms with van der Waals surface area (Å²) in [6.07, 6.45) is 1.85. The van der Waals surface area contributed by atoms with Crippen molar-refractivity contribution in [2.24, 2.45) is 0 Å². The second-order valence-corrected chi connectivity index (χ2v) is 7.40. The molecule has 148 valence electrons. The van der Waals surface area contributed by atoms with E-state index in [2.05, 4.69) is 0 Å².